The van der Waals surface area contributed by atoms with E-state index in [1.807, 2.05) is 31.2 Å². The first-order valence-corrected chi connectivity index (χ1v) is 7.70. The Morgan fingerprint density at radius 2 is 2.16 bits per heavy atom. The van der Waals surface area contributed by atoms with Crippen molar-refractivity contribution in [3.8, 4) is 0 Å². The predicted octanol–water partition coefficient (Wildman–Crippen LogP) is 4.58. The minimum Gasteiger partial charge on any atom is -0.374 e. The van der Waals surface area contributed by atoms with Crippen LogP contribution in [0.15, 0.2) is 44.7 Å². The number of hydrogen-bond donors (Lipinski definition) is 0. The van der Waals surface area contributed by atoms with Gasteiger partial charge in [0.2, 0.25) is 0 Å². The number of ether oxygens (including phenoxy) is 1. The molecule has 0 saturated heterocycles. The predicted molar refractivity (Wildman–Crippen MR) is 80.6 cm³/mol. The Hall–Kier alpha value is -0.620. The highest BCUT2D eigenvalue weighted by molar-refractivity contribution is 9.10. The maximum Gasteiger partial charge on any atom is 0.157 e. The fourth-order valence-corrected chi connectivity index (χ4v) is 3.12. The molecule has 0 fully saturated rings. The molecular weight excluding hydrogens is 348 g/mol. The van der Waals surface area contributed by atoms with Crippen LogP contribution in [0.3, 0.4) is 0 Å². The smallest absolute Gasteiger partial charge is 0.157 e. The summed E-state index contributed by atoms with van der Waals surface area (Å²) in [7, 11) is 0. The average molecular weight is 360 g/mol. The van der Waals surface area contributed by atoms with Crippen molar-refractivity contribution in [2.45, 2.75) is 23.5 Å². The lowest BCUT2D eigenvalue weighted by Crippen LogP contribution is -2.00. The van der Waals surface area contributed by atoms with Crippen LogP contribution in [0, 0.1) is 0 Å². The topological polar surface area (TPSA) is 35.0 Å². The summed E-state index contributed by atoms with van der Waals surface area (Å²) in [5.74, 6) is 0.604. The Kier molecular flexibility index (Phi) is 5.63. The van der Waals surface area contributed by atoms with Gasteiger partial charge in [-0.25, -0.2) is 9.97 Å². The summed E-state index contributed by atoms with van der Waals surface area (Å²) >= 11 is 11.0. The molecule has 0 unspecified atom stereocenters. The zero-order chi connectivity index (χ0) is 13.7. The van der Waals surface area contributed by atoms with E-state index >= 15 is 0 Å². The van der Waals surface area contributed by atoms with Crippen LogP contribution in [0.1, 0.15) is 12.7 Å². The summed E-state index contributed by atoms with van der Waals surface area (Å²) in [5, 5.41) is 1.25. The van der Waals surface area contributed by atoms with Crippen LogP contribution < -0.4 is 0 Å². The molecule has 0 radical (unpaired) electrons. The van der Waals surface area contributed by atoms with Gasteiger partial charge >= 0.3 is 0 Å². The van der Waals surface area contributed by atoms with Crippen molar-refractivity contribution >= 4 is 39.3 Å². The van der Waals surface area contributed by atoms with Crippen LogP contribution in [0.4, 0.5) is 0 Å². The standard InChI is InChI=1S/C13H12BrClN2OS/c1-2-18-8-12-16-11(15)7-13(17-12)19-10-5-3-4-9(14)6-10/h3-7H,2,8H2,1H3. The Bertz CT molecular complexity index is 568. The van der Waals surface area contributed by atoms with Gasteiger partial charge in [-0.2, -0.15) is 0 Å². The average Bonchev–Trinajstić information content (AvgIpc) is 2.35. The number of nitrogens with zero attached hydrogens (tertiary/aromatic N) is 2. The van der Waals surface area contributed by atoms with Crippen LogP contribution in [0.5, 0.6) is 0 Å². The molecule has 0 aliphatic carbocycles. The largest absolute Gasteiger partial charge is 0.374 e. The van der Waals surface area contributed by atoms with Crippen molar-refractivity contribution in [2.75, 3.05) is 6.61 Å². The van der Waals surface area contributed by atoms with E-state index in [2.05, 4.69) is 25.9 Å². The van der Waals surface area contributed by atoms with Crippen LogP contribution in [0.2, 0.25) is 5.15 Å². The molecule has 3 nitrogen and oxygen atoms in total. The van der Waals surface area contributed by atoms with E-state index in [9.17, 15) is 0 Å². The summed E-state index contributed by atoms with van der Waals surface area (Å²) in [6.45, 7) is 2.94. The summed E-state index contributed by atoms with van der Waals surface area (Å²) < 4.78 is 6.33. The van der Waals surface area contributed by atoms with E-state index in [-0.39, 0.29) is 0 Å². The third-order valence-corrected chi connectivity index (χ3v) is 3.77. The molecule has 0 aliphatic heterocycles. The second-order valence-corrected chi connectivity index (χ2v) is 6.04. The van der Waals surface area contributed by atoms with Gasteiger partial charge in [-0.15, -0.1) is 0 Å². The molecule has 0 bridgehead atoms. The Balaban J connectivity index is 2.17. The molecule has 1 aromatic carbocycles. The highest BCUT2D eigenvalue weighted by atomic mass is 79.9. The zero-order valence-electron chi connectivity index (χ0n) is 10.3. The molecule has 2 rings (SSSR count). The number of hydrogen-bond acceptors (Lipinski definition) is 4. The first-order chi connectivity index (χ1) is 9.17. The summed E-state index contributed by atoms with van der Waals surface area (Å²) in [6, 6.07) is 9.77. The summed E-state index contributed by atoms with van der Waals surface area (Å²) in [5.41, 5.74) is 0. The lowest BCUT2D eigenvalue weighted by atomic mass is 10.4. The van der Waals surface area contributed by atoms with Gasteiger partial charge in [0.05, 0.1) is 0 Å². The van der Waals surface area contributed by atoms with Crippen molar-refractivity contribution < 1.29 is 4.74 Å². The summed E-state index contributed by atoms with van der Waals surface area (Å²) in [4.78, 5) is 9.65. The van der Waals surface area contributed by atoms with Gasteiger partial charge in [0, 0.05) is 22.0 Å². The van der Waals surface area contributed by atoms with Gasteiger partial charge in [-0.05, 0) is 25.1 Å². The fraction of sp³-hybridized carbons (Fsp3) is 0.231. The fourth-order valence-electron chi connectivity index (χ4n) is 1.40. The molecule has 0 saturated carbocycles. The molecule has 0 aliphatic rings. The molecular formula is C13H12BrClN2OS. The number of rotatable bonds is 5. The molecule has 19 heavy (non-hydrogen) atoms. The third kappa shape index (κ3) is 4.76. The molecule has 100 valence electrons. The second kappa shape index (κ2) is 7.24. The number of aromatic nitrogens is 2. The van der Waals surface area contributed by atoms with Crippen LogP contribution in [-0.2, 0) is 11.3 Å². The molecule has 0 spiro atoms. The van der Waals surface area contributed by atoms with E-state index in [1.165, 1.54) is 0 Å². The second-order valence-electron chi connectivity index (χ2n) is 3.64. The Labute approximate surface area is 129 Å². The van der Waals surface area contributed by atoms with Gasteiger partial charge in [0.1, 0.15) is 16.8 Å². The minimum atomic E-state index is 0.378. The normalized spacial score (nSPS) is 10.7. The molecule has 0 atom stereocenters. The van der Waals surface area contributed by atoms with Gasteiger partial charge in [0.25, 0.3) is 0 Å². The SMILES string of the molecule is CCOCc1nc(Cl)cc(Sc2cccc(Br)c2)n1. The van der Waals surface area contributed by atoms with Gasteiger partial charge in [-0.3, -0.25) is 0 Å². The molecule has 0 N–H and O–H groups in total. The van der Waals surface area contributed by atoms with Crippen molar-refractivity contribution in [1.82, 2.24) is 9.97 Å². The van der Waals surface area contributed by atoms with E-state index in [4.69, 9.17) is 16.3 Å². The number of benzene rings is 1. The van der Waals surface area contributed by atoms with E-state index in [1.54, 1.807) is 17.8 Å². The molecule has 2 aromatic rings. The quantitative estimate of drug-likeness (QED) is 0.732. The van der Waals surface area contributed by atoms with E-state index in [0.717, 1.165) is 14.4 Å². The highest BCUT2D eigenvalue weighted by Crippen LogP contribution is 2.29. The van der Waals surface area contributed by atoms with Gasteiger partial charge in [0.15, 0.2) is 5.82 Å². The Morgan fingerprint density at radius 3 is 2.89 bits per heavy atom. The van der Waals surface area contributed by atoms with E-state index < -0.39 is 0 Å². The third-order valence-electron chi connectivity index (χ3n) is 2.17. The lowest BCUT2D eigenvalue weighted by Gasteiger charge is -2.05. The van der Waals surface area contributed by atoms with Crippen molar-refractivity contribution in [3.05, 3.63) is 45.8 Å². The molecule has 1 heterocycles. The molecule has 6 heteroatoms. The monoisotopic (exact) mass is 358 g/mol. The van der Waals surface area contributed by atoms with Crippen LogP contribution in [-0.4, -0.2) is 16.6 Å². The maximum atomic E-state index is 6.00. The number of halogens is 2. The van der Waals surface area contributed by atoms with Crippen molar-refractivity contribution in [3.63, 3.8) is 0 Å². The Morgan fingerprint density at radius 1 is 1.32 bits per heavy atom. The molecule has 0 amide bonds. The minimum absolute atomic E-state index is 0.378. The van der Waals surface area contributed by atoms with E-state index in [0.29, 0.717) is 24.2 Å². The van der Waals surface area contributed by atoms with Crippen molar-refractivity contribution in [1.29, 1.82) is 0 Å². The lowest BCUT2D eigenvalue weighted by molar-refractivity contribution is 0.128. The first kappa shape index (κ1) is 14.8. The van der Waals surface area contributed by atoms with Gasteiger partial charge in [-0.1, -0.05) is 45.4 Å². The van der Waals surface area contributed by atoms with Crippen molar-refractivity contribution in [2.24, 2.45) is 0 Å². The maximum absolute atomic E-state index is 6.00. The highest BCUT2D eigenvalue weighted by Gasteiger charge is 2.05. The zero-order valence-corrected chi connectivity index (χ0v) is 13.4. The molecule has 1 aromatic heterocycles. The van der Waals surface area contributed by atoms with Gasteiger partial charge < -0.3 is 4.74 Å². The first-order valence-electron chi connectivity index (χ1n) is 5.72. The summed E-state index contributed by atoms with van der Waals surface area (Å²) in [6.07, 6.45) is 0. The van der Waals surface area contributed by atoms with Crippen LogP contribution in [0.25, 0.3) is 0 Å². The van der Waals surface area contributed by atoms with Crippen LogP contribution >= 0.6 is 39.3 Å².